The summed E-state index contributed by atoms with van der Waals surface area (Å²) >= 11 is 0. The Bertz CT molecular complexity index is 623. The van der Waals surface area contributed by atoms with Crippen molar-refractivity contribution in [3.63, 3.8) is 0 Å². The maximum Gasteiger partial charge on any atom is 0.161 e. The van der Waals surface area contributed by atoms with Gasteiger partial charge >= 0.3 is 0 Å². The van der Waals surface area contributed by atoms with Crippen LogP contribution >= 0.6 is 0 Å². The molecule has 0 radical (unpaired) electrons. The normalized spacial score (nSPS) is 11.3. The molecule has 0 fully saturated rings. The van der Waals surface area contributed by atoms with E-state index in [2.05, 4.69) is 62.5 Å². The molecule has 130 valence electrons. The topological polar surface area (TPSA) is 30.5 Å². The summed E-state index contributed by atoms with van der Waals surface area (Å²) in [6.07, 6.45) is 1.98. The lowest BCUT2D eigenvalue weighted by atomic mass is 10.0. The molecule has 24 heavy (non-hydrogen) atoms. The molecule has 0 aromatic heterocycles. The second kappa shape index (κ2) is 8.74. The van der Waals surface area contributed by atoms with Crippen LogP contribution < -0.4 is 14.8 Å². The minimum absolute atomic E-state index is 0.137. The molecule has 0 unspecified atom stereocenters. The largest absolute Gasteiger partial charge is 0.493 e. The van der Waals surface area contributed by atoms with Gasteiger partial charge in [-0.15, -0.1) is 0 Å². The first-order valence-electron chi connectivity index (χ1n) is 8.63. The third-order valence-corrected chi connectivity index (χ3v) is 4.37. The molecule has 0 saturated carbocycles. The third-order valence-electron chi connectivity index (χ3n) is 4.37. The van der Waals surface area contributed by atoms with Crippen molar-refractivity contribution in [2.45, 2.75) is 45.7 Å². The predicted octanol–water partition coefficient (Wildman–Crippen LogP) is 4.59. The summed E-state index contributed by atoms with van der Waals surface area (Å²) in [5.41, 5.74) is 2.61. The molecule has 2 aromatic rings. The van der Waals surface area contributed by atoms with E-state index in [1.165, 1.54) is 11.1 Å². The fourth-order valence-corrected chi connectivity index (χ4v) is 2.33. The van der Waals surface area contributed by atoms with Gasteiger partial charge in [0.1, 0.15) is 0 Å². The summed E-state index contributed by atoms with van der Waals surface area (Å²) in [6.45, 7) is 8.08. The van der Waals surface area contributed by atoms with Crippen LogP contribution in [0.4, 0.5) is 0 Å². The zero-order chi connectivity index (χ0) is 17.4. The molecule has 1 N–H and O–H groups in total. The number of rotatable bonds is 9. The summed E-state index contributed by atoms with van der Waals surface area (Å²) in [4.78, 5) is 0. The lowest BCUT2D eigenvalue weighted by Crippen LogP contribution is -2.37. The maximum absolute atomic E-state index is 5.91. The van der Waals surface area contributed by atoms with Crippen LogP contribution in [-0.2, 0) is 13.0 Å². The monoisotopic (exact) mass is 327 g/mol. The van der Waals surface area contributed by atoms with Crippen molar-refractivity contribution in [2.75, 3.05) is 13.7 Å². The fraction of sp³-hybridized carbons (Fsp3) is 0.429. The second-order valence-corrected chi connectivity index (χ2v) is 6.66. The van der Waals surface area contributed by atoms with E-state index >= 15 is 0 Å². The zero-order valence-corrected chi connectivity index (χ0v) is 15.3. The number of hydrogen-bond acceptors (Lipinski definition) is 3. The lowest BCUT2D eigenvalue weighted by Gasteiger charge is -2.24. The molecule has 0 heterocycles. The minimum atomic E-state index is 0.137. The van der Waals surface area contributed by atoms with Crippen LogP contribution in [0.25, 0.3) is 0 Å². The van der Waals surface area contributed by atoms with E-state index in [1.54, 1.807) is 7.11 Å². The number of nitrogens with one attached hydrogen (secondary N) is 1. The Morgan fingerprint density at radius 1 is 0.958 bits per heavy atom. The average Bonchev–Trinajstić information content (AvgIpc) is 2.61. The Morgan fingerprint density at radius 3 is 2.38 bits per heavy atom. The smallest absolute Gasteiger partial charge is 0.161 e. The van der Waals surface area contributed by atoms with Crippen LogP contribution in [-0.4, -0.2) is 19.3 Å². The van der Waals surface area contributed by atoms with Gasteiger partial charge in [-0.2, -0.15) is 0 Å². The van der Waals surface area contributed by atoms with Crippen molar-refractivity contribution in [2.24, 2.45) is 0 Å². The van der Waals surface area contributed by atoms with Crippen molar-refractivity contribution < 1.29 is 9.47 Å². The number of methoxy groups -OCH3 is 1. The molecular weight excluding hydrogens is 298 g/mol. The van der Waals surface area contributed by atoms with Crippen molar-refractivity contribution in [3.8, 4) is 11.5 Å². The molecule has 0 bridgehead atoms. The Hall–Kier alpha value is -2.00. The highest BCUT2D eigenvalue weighted by Crippen LogP contribution is 2.28. The van der Waals surface area contributed by atoms with Gasteiger partial charge in [0.25, 0.3) is 0 Å². The lowest BCUT2D eigenvalue weighted by molar-refractivity contribution is 0.297. The standard InChI is InChI=1S/C21H29NO2/c1-5-21(2,3)22-16-18-11-12-19(20(15-18)23-4)24-14-13-17-9-7-6-8-10-17/h6-12,15,22H,5,13-14,16H2,1-4H3. The van der Waals surface area contributed by atoms with E-state index in [4.69, 9.17) is 9.47 Å². The minimum Gasteiger partial charge on any atom is -0.493 e. The number of hydrogen-bond donors (Lipinski definition) is 1. The molecule has 2 rings (SSSR count). The summed E-state index contributed by atoms with van der Waals surface area (Å²) in [6, 6.07) is 16.5. The van der Waals surface area contributed by atoms with Crippen molar-refractivity contribution >= 4 is 0 Å². The highest BCUT2D eigenvalue weighted by Gasteiger charge is 2.14. The summed E-state index contributed by atoms with van der Waals surface area (Å²) in [5.74, 6) is 1.59. The first-order chi connectivity index (χ1) is 11.5. The van der Waals surface area contributed by atoms with Crippen LogP contribution in [0.3, 0.4) is 0 Å². The second-order valence-electron chi connectivity index (χ2n) is 6.66. The third kappa shape index (κ3) is 5.57. The van der Waals surface area contributed by atoms with Crippen molar-refractivity contribution in [1.82, 2.24) is 5.32 Å². The van der Waals surface area contributed by atoms with E-state index in [9.17, 15) is 0 Å². The van der Waals surface area contributed by atoms with Crippen molar-refractivity contribution in [3.05, 3.63) is 59.7 Å². The van der Waals surface area contributed by atoms with Crippen LogP contribution in [0, 0.1) is 0 Å². The molecule has 2 aromatic carbocycles. The Kier molecular flexibility index (Phi) is 6.68. The Labute approximate surface area is 146 Å². The van der Waals surface area contributed by atoms with Crippen LogP contribution in [0.2, 0.25) is 0 Å². The Morgan fingerprint density at radius 2 is 1.71 bits per heavy atom. The first-order valence-corrected chi connectivity index (χ1v) is 8.63. The van der Waals surface area contributed by atoms with E-state index in [0.29, 0.717) is 6.61 Å². The van der Waals surface area contributed by atoms with Gasteiger partial charge < -0.3 is 14.8 Å². The van der Waals surface area contributed by atoms with Crippen LogP contribution in [0.1, 0.15) is 38.3 Å². The zero-order valence-electron chi connectivity index (χ0n) is 15.3. The van der Waals surface area contributed by atoms with Crippen LogP contribution in [0.15, 0.2) is 48.5 Å². The number of benzene rings is 2. The van der Waals surface area contributed by atoms with Gasteiger partial charge in [-0.3, -0.25) is 0 Å². The highest BCUT2D eigenvalue weighted by atomic mass is 16.5. The molecule has 3 nitrogen and oxygen atoms in total. The molecule has 3 heteroatoms. The molecule has 0 amide bonds. The molecule has 0 aliphatic rings. The summed E-state index contributed by atoms with van der Waals surface area (Å²) in [5, 5.41) is 3.56. The van der Waals surface area contributed by atoms with Gasteiger partial charge in [-0.05, 0) is 43.5 Å². The molecule has 0 aliphatic heterocycles. The van der Waals surface area contributed by atoms with Gasteiger partial charge in [0.05, 0.1) is 13.7 Å². The van der Waals surface area contributed by atoms with Gasteiger partial charge in [0.15, 0.2) is 11.5 Å². The van der Waals surface area contributed by atoms with Crippen molar-refractivity contribution in [1.29, 1.82) is 0 Å². The SMILES string of the molecule is CCC(C)(C)NCc1ccc(OCCc2ccccc2)c(OC)c1. The van der Waals surface area contributed by atoms with Crippen LogP contribution in [0.5, 0.6) is 11.5 Å². The van der Waals surface area contributed by atoms with Gasteiger partial charge in [0.2, 0.25) is 0 Å². The van der Waals surface area contributed by atoms with Gasteiger partial charge in [0, 0.05) is 18.5 Å². The van der Waals surface area contributed by atoms with E-state index in [0.717, 1.165) is 30.9 Å². The highest BCUT2D eigenvalue weighted by molar-refractivity contribution is 5.43. The van der Waals surface area contributed by atoms with E-state index in [-0.39, 0.29) is 5.54 Å². The van der Waals surface area contributed by atoms with Gasteiger partial charge in [-0.25, -0.2) is 0 Å². The van der Waals surface area contributed by atoms with E-state index in [1.807, 2.05) is 12.1 Å². The summed E-state index contributed by atoms with van der Waals surface area (Å²) in [7, 11) is 1.69. The molecule has 0 atom stereocenters. The molecule has 0 saturated heterocycles. The molecule has 0 aliphatic carbocycles. The van der Waals surface area contributed by atoms with Gasteiger partial charge in [-0.1, -0.05) is 43.3 Å². The average molecular weight is 327 g/mol. The summed E-state index contributed by atoms with van der Waals surface area (Å²) < 4.78 is 11.4. The first kappa shape index (κ1) is 18.3. The molecule has 0 spiro atoms. The number of ether oxygens (including phenoxy) is 2. The fourth-order valence-electron chi connectivity index (χ4n) is 2.33. The maximum atomic E-state index is 5.91. The van der Waals surface area contributed by atoms with E-state index < -0.39 is 0 Å². The predicted molar refractivity (Wildman–Crippen MR) is 99.8 cm³/mol. The quantitative estimate of drug-likeness (QED) is 0.730. The Balaban J connectivity index is 1.93. The molecular formula is C21H29NO2.